The van der Waals surface area contributed by atoms with Gasteiger partial charge < -0.3 is 19.3 Å². The van der Waals surface area contributed by atoms with Crippen molar-refractivity contribution in [2.75, 3.05) is 20.9 Å². The first-order chi connectivity index (χ1) is 12.1. The van der Waals surface area contributed by atoms with Crippen molar-refractivity contribution in [3.8, 4) is 11.5 Å². The van der Waals surface area contributed by atoms with Crippen LogP contribution in [0.1, 0.15) is 42.1 Å². The van der Waals surface area contributed by atoms with Gasteiger partial charge in [0.05, 0.1) is 6.54 Å². The molecule has 1 aromatic carbocycles. The van der Waals surface area contributed by atoms with Gasteiger partial charge in [0.15, 0.2) is 17.3 Å². The number of hydrogen-bond donors (Lipinski definition) is 1. The van der Waals surface area contributed by atoms with Crippen LogP contribution in [-0.2, 0) is 11.3 Å². The van der Waals surface area contributed by atoms with Crippen molar-refractivity contribution >= 4 is 5.91 Å². The minimum atomic E-state index is -0.458. The Morgan fingerprint density at radius 3 is 2.88 bits per heavy atom. The van der Waals surface area contributed by atoms with Gasteiger partial charge in [-0.05, 0) is 44.6 Å². The fourth-order valence-electron chi connectivity index (χ4n) is 2.87. The third-order valence-corrected chi connectivity index (χ3v) is 4.32. The zero-order chi connectivity index (χ0) is 17.4. The summed E-state index contributed by atoms with van der Waals surface area (Å²) in [6, 6.07) is 5.07. The summed E-state index contributed by atoms with van der Waals surface area (Å²) in [4.78, 5) is 18.9. The summed E-state index contributed by atoms with van der Waals surface area (Å²) in [5.41, 5.74) is 0.830. The van der Waals surface area contributed by atoms with Crippen LogP contribution in [0.3, 0.4) is 0 Å². The average Bonchev–Trinajstić information content (AvgIpc) is 3.15. The van der Waals surface area contributed by atoms with Crippen LogP contribution in [0.4, 0.5) is 0 Å². The Labute approximate surface area is 145 Å². The number of ether oxygens (including phenoxy) is 2. The minimum Gasteiger partial charge on any atom is -0.454 e. The van der Waals surface area contributed by atoms with Gasteiger partial charge in [0.25, 0.3) is 0 Å². The number of hydrogen-bond acceptors (Lipinski definition) is 7. The zero-order valence-corrected chi connectivity index (χ0v) is 14.2. The maximum atomic E-state index is 12.7. The van der Waals surface area contributed by atoms with Crippen LogP contribution in [0, 0.1) is 0 Å². The Kier molecular flexibility index (Phi) is 4.04. The molecule has 2 aliphatic rings. The smallest absolute Gasteiger partial charge is 0.246 e. The van der Waals surface area contributed by atoms with Crippen molar-refractivity contribution in [3.05, 3.63) is 35.5 Å². The van der Waals surface area contributed by atoms with Crippen molar-refractivity contribution in [1.82, 2.24) is 20.4 Å². The number of carbonyl (C=O) groups is 1. The molecule has 2 heterocycles. The number of nitrogens with one attached hydrogen (secondary N) is 1. The molecular weight excluding hydrogens is 324 g/mol. The lowest BCUT2D eigenvalue weighted by Crippen LogP contribution is -2.36. The van der Waals surface area contributed by atoms with Crippen molar-refractivity contribution < 1.29 is 18.8 Å². The predicted octanol–water partition coefficient (Wildman–Crippen LogP) is 1.59. The normalized spacial score (nSPS) is 16.9. The second kappa shape index (κ2) is 6.36. The molecule has 0 bridgehead atoms. The van der Waals surface area contributed by atoms with Gasteiger partial charge in [0, 0.05) is 5.92 Å². The van der Waals surface area contributed by atoms with Crippen molar-refractivity contribution in [2.24, 2.45) is 0 Å². The molecule has 1 N–H and O–H groups in total. The van der Waals surface area contributed by atoms with E-state index in [1.807, 2.05) is 37.2 Å². The van der Waals surface area contributed by atoms with E-state index in [-0.39, 0.29) is 19.2 Å². The van der Waals surface area contributed by atoms with Gasteiger partial charge in [0.1, 0.15) is 6.04 Å². The number of fused-ring (bicyclic) bond motifs is 1. The highest BCUT2D eigenvalue weighted by Gasteiger charge is 2.29. The molecule has 0 spiro atoms. The summed E-state index contributed by atoms with van der Waals surface area (Å²) in [7, 11) is 3.71. The first kappa shape index (κ1) is 15.9. The second-order valence-electron chi connectivity index (χ2n) is 6.52. The lowest BCUT2D eigenvalue weighted by atomic mass is 10.0. The Bertz CT molecular complexity index is 785. The van der Waals surface area contributed by atoms with Gasteiger partial charge in [-0.25, -0.2) is 0 Å². The summed E-state index contributed by atoms with van der Waals surface area (Å²) in [6.45, 7) is 0.422. The number of likely N-dealkylation sites (N-methyl/N-ethyl adjacent to an activating group) is 1. The average molecular weight is 344 g/mol. The molecule has 0 radical (unpaired) electrons. The van der Waals surface area contributed by atoms with E-state index in [9.17, 15) is 4.79 Å². The first-order valence-corrected chi connectivity index (χ1v) is 8.28. The molecule has 8 nitrogen and oxygen atoms in total. The number of amides is 1. The number of rotatable bonds is 6. The number of carbonyl (C=O) groups excluding carboxylic acids is 1. The fraction of sp³-hybridized carbons (Fsp3) is 0.471. The lowest BCUT2D eigenvalue weighted by Gasteiger charge is -2.23. The van der Waals surface area contributed by atoms with Crippen LogP contribution in [0.2, 0.25) is 0 Å². The standard InChI is InChI=1S/C17H20N4O4/c1-21(2)15(11-5-6-12-13(7-11)24-9-23-12)17(22)18-8-14-19-16(20-25-14)10-3-4-10/h5-7,10,15H,3-4,8-9H2,1-2H3,(H,18,22). The molecule has 1 aliphatic heterocycles. The van der Waals surface area contributed by atoms with E-state index in [4.69, 9.17) is 14.0 Å². The van der Waals surface area contributed by atoms with E-state index in [2.05, 4.69) is 15.5 Å². The lowest BCUT2D eigenvalue weighted by molar-refractivity contribution is -0.126. The topological polar surface area (TPSA) is 89.7 Å². The van der Waals surface area contributed by atoms with Crippen LogP contribution >= 0.6 is 0 Å². The van der Waals surface area contributed by atoms with Crippen molar-refractivity contribution in [1.29, 1.82) is 0 Å². The first-order valence-electron chi connectivity index (χ1n) is 8.28. The molecule has 132 valence electrons. The molecule has 1 aromatic heterocycles. The maximum absolute atomic E-state index is 12.7. The molecule has 8 heteroatoms. The molecule has 1 unspecified atom stereocenters. The number of benzene rings is 1. The SMILES string of the molecule is CN(C)C(C(=O)NCc1nc(C2CC2)no1)c1ccc2c(c1)OCO2. The summed E-state index contributed by atoms with van der Waals surface area (Å²) in [6.07, 6.45) is 2.22. The summed E-state index contributed by atoms with van der Waals surface area (Å²) in [5, 5.41) is 6.83. The van der Waals surface area contributed by atoms with Crippen LogP contribution < -0.4 is 14.8 Å². The minimum absolute atomic E-state index is 0.143. The van der Waals surface area contributed by atoms with Crippen molar-refractivity contribution in [3.63, 3.8) is 0 Å². The van der Waals surface area contributed by atoms with Gasteiger partial charge in [0.2, 0.25) is 18.6 Å². The highest BCUT2D eigenvalue weighted by atomic mass is 16.7. The Hall–Kier alpha value is -2.61. The van der Waals surface area contributed by atoms with E-state index in [1.165, 1.54) is 0 Å². The highest BCUT2D eigenvalue weighted by Crippen LogP contribution is 2.38. The van der Waals surface area contributed by atoms with Gasteiger partial charge in [-0.1, -0.05) is 11.2 Å². The molecule has 1 amide bonds. The van der Waals surface area contributed by atoms with Crippen LogP contribution in [-0.4, -0.2) is 41.8 Å². The van der Waals surface area contributed by atoms with Gasteiger partial charge in [-0.15, -0.1) is 0 Å². The van der Waals surface area contributed by atoms with Crippen LogP contribution in [0.25, 0.3) is 0 Å². The molecule has 25 heavy (non-hydrogen) atoms. The molecular formula is C17H20N4O4. The number of nitrogens with zero attached hydrogens (tertiary/aromatic N) is 3. The van der Waals surface area contributed by atoms with Crippen molar-refractivity contribution in [2.45, 2.75) is 31.3 Å². The summed E-state index contributed by atoms with van der Waals surface area (Å²) < 4.78 is 15.9. The summed E-state index contributed by atoms with van der Waals surface area (Å²) in [5.74, 6) is 2.80. The van der Waals surface area contributed by atoms with Gasteiger partial charge >= 0.3 is 0 Å². The zero-order valence-electron chi connectivity index (χ0n) is 14.2. The maximum Gasteiger partial charge on any atom is 0.246 e. The molecule has 4 rings (SSSR count). The predicted molar refractivity (Wildman–Crippen MR) is 87.1 cm³/mol. The van der Waals surface area contributed by atoms with Crippen LogP contribution in [0.15, 0.2) is 22.7 Å². The molecule has 1 fully saturated rings. The largest absolute Gasteiger partial charge is 0.454 e. The number of aromatic nitrogens is 2. The molecule has 2 aromatic rings. The van der Waals surface area contributed by atoms with Crippen LogP contribution in [0.5, 0.6) is 11.5 Å². The quantitative estimate of drug-likeness (QED) is 0.851. The molecule has 1 aliphatic carbocycles. The highest BCUT2D eigenvalue weighted by molar-refractivity contribution is 5.83. The monoisotopic (exact) mass is 344 g/mol. The van der Waals surface area contributed by atoms with E-state index >= 15 is 0 Å². The molecule has 1 atom stereocenters. The van der Waals surface area contributed by atoms with Gasteiger partial charge in [-0.2, -0.15) is 4.98 Å². The molecule has 1 saturated carbocycles. The Balaban J connectivity index is 1.45. The van der Waals surface area contributed by atoms with Gasteiger partial charge in [-0.3, -0.25) is 9.69 Å². The van der Waals surface area contributed by atoms with E-state index in [1.54, 1.807) is 0 Å². The third-order valence-electron chi connectivity index (χ3n) is 4.32. The Morgan fingerprint density at radius 2 is 2.12 bits per heavy atom. The second-order valence-corrected chi connectivity index (χ2v) is 6.52. The molecule has 0 saturated heterocycles. The third kappa shape index (κ3) is 3.30. The van der Waals surface area contributed by atoms with E-state index < -0.39 is 6.04 Å². The van der Waals surface area contributed by atoms with E-state index in [0.717, 1.165) is 24.2 Å². The summed E-state index contributed by atoms with van der Waals surface area (Å²) >= 11 is 0. The van der Waals surface area contributed by atoms with E-state index in [0.29, 0.717) is 23.3 Å². The Morgan fingerprint density at radius 1 is 1.32 bits per heavy atom. The fourth-order valence-corrected chi connectivity index (χ4v) is 2.87.